The molecule has 0 aromatic heterocycles. The van der Waals surface area contributed by atoms with E-state index < -0.39 is 35.1 Å². The number of unbranched alkanes of at least 4 members (excludes halogenated alkanes) is 2. The van der Waals surface area contributed by atoms with E-state index in [0.29, 0.717) is 25.8 Å². The fourth-order valence-corrected chi connectivity index (χ4v) is 5.75. The molecule has 2 bridgehead atoms. The van der Waals surface area contributed by atoms with Crippen LogP contribution in [-0.2, 0) is 19.1 Å². The van der Waals surface area contributed by atoms with Gasteiger partial charge < -0.3 is 25.4 Å². The number of nitrogens with zero attached hydrogens (tertiary/aromatic N) is 1. The van der Waals surface area contributed by atoms with Gasteiger partial charge in [-0.2, -0.15) is 0 Å². The van der Waals surface area contributed by atoms with Crippen molar-refractivity contribution in [1.82, 2.24) is 15.5 Å². The number of likely N-dealkylation sites (tertiary alicyclic amines) is 1. The molecule has 29 heavy (non-hydrogen) atoms. The van der Waals surface area contributed by atoms with E-state index in [1.54, 1.807) is 14.0 Å². The quantitative estimate of drug-likeness (QED) is 0.483. The van der Waals surface area contributed by atoms with Crippen LogP contribution in [0.3, 0.4) is 0 Å². The molecular weight excluding hydrogens is 374 g/mol. The average molecular weight is 410 g/mol. The highest BCUT2D eigenvalue weighted by molar-refractivity contribution is 5.99. The van der Waals surface area contributed by atoms with Gasteiger partial charge in [0.05, 0.1) is 30.1 Å². The van der Waals surface area contributed by atoms with Crippen LogP contribution in [0, 0.1) is 11.8 Å². The first kappa shape index (κ1) is 22.0. The van der Waals surface area contributed by atoms with Crippen LogP contribution in [-0.4, -0.2) is 71.2 Å². The van der Waals surface area contributed by atoms with Crippen molar-refractivity contribution in [2.24, 2.45) is 11.8 Å². The van der Waals surface area contributed by atoms with Crippen LogP contribution in [0.4, 0.5) is 0 Å². The van der Waals surface area contributed by atoms with Gasteiger partial charge in [-0.1, -0.05) is 26.7 Å². The molecule has 6 atom stereocenters. The number of ether oxygens (including phenoxy) is 1. The van der Waals surface area contributed by atoms with E-state index in [-0.39, 0.29) is 24.3 Å². The molecule has 3 amide bonds. The van der Waals surface area contributed by atoms with Crippen molar-refractivity contribution in [3.05, 3.63) is 0 Å². The molecule has 164 valence electrons. The lowest BCUT2D eigenvalue weighted by molar-refractivity contribution is -0.150. The second-order valence-corrected chi connectivity index (χ2v) is 8.72. The summed E-state index contributed by atoms with van der Waals surface area (Å²) in [5, 5.41) is 15.4. The second kappa shape index (κ2) is 8.22. The van der Waals surface area contributed by atoms with Crippen LogP contribution < -0.4 is 10.6 Å². The van der Waals surface area contributed by atoms with Crippen molar-refractivity contribution in [2.75, 3.05) is 20.2 Å². The zero-order chi connectivity index (χ0) is 21.4. The molecule has 1 spiro atoms. The Morgan fingerprint density at radius 3 is 2.59 bits per heavy atom. The molecule has 3 fully saturated rings. The van der Waals surface area contributed by atoms with Gasteiger partial charge in [0.15, 0.2) is 0 Å². The van der Waals surface area contributed by atoms with Gasteiger partial charge in [0, 0.05) is 13.6 Å². The maximum atomic E-state index is 13.5. The van der Waals surface area contributed by atoms with E-state index in [4.69, 9.17) is 4.74 Å². The number of nitrogens with one attached hydrogen (secondary N) is 2. The van der Waals surface area contributed by atoms with Crippen molar-refractivity contribution in [3.63, 3.8) is 0 Å². The Bertz CT molecular complexity index is 671. The molecule has 3 rings (SSSR count). The Hall–Kier alpha value is -1.67. The minimum Gasteiger partial charge on any atom is -0.394 e. The lowest BCUT2D eigenvalue weighted by atomic mass is 9.65. The smallest absolute Gasteiger partial charge is 0.245 e. The second-order valence-electron chi connectivity index (χ2n) is 8.72. The molecule has 0 aromatic carbocycles. The van der Waals surface area contributed by atoms with Gasteiger partial charge >= 0.3 is 0 Å². The van der Waals surface area contributed by atoms with E-state index in [2.05, 4.69) is 17.6 Å². The summed E-state index contributed by atoms with van der Waals surface area (Å²) >= 11 is 0. The predicted molar refractivity (Wildman–Crippen MR) is 107 cm³/mol. The van der Waals surface area contributed by atoms with Crippen molar-refractivity contribution in [2.45, 2.75) is 82.6 Å². The summed E-state index contributed by atoms with van der Waals surface area (Å²) in [5.74, 6) is -2.04. The van der Waals surface area contributed by atoms with E-state index in [0.717, 1.165) is 19.3 Å². The molecule has 8 nitrogen and oxygen atoms in total. The number of carbonyl (C=O) groups excluding carboxylic acids is 3. The third kappa shape index (κ3) is 3.15. The lowest BCUT2D eigenvalue weighted by Crippen LogP contribution is -2.57. The molecule has 3 aliphatic rings. The van der Waals surface area contributed by atoms with E-state index in [9.17, 15) is 19.5 Å². The molecule has 3 N–H and O–H groups in total. The van der Waals surface area contributed by atoms with Crippen molar-refractivity contribution in [3.8, 4) is 0 Å². The molecule has 3 saturated heterocycles. The molecule has 0 radical (unpaired) electrons. The van der Waals surface area contributed by atoms with E-state index in [1.807, 2.05) is 6.92 Å². The Balaban J connectivity index is 1.99. The van der Waals surface area contributed by atoms with Crippen molar-refractivity contribution < 1.29 is 24.2 Å². The third-order valence-electron chi connectivity index (χ3n) is 7.21. The monoisotopic (exact) mass is 409 g/mol. The third-order valence-corrected chi connectivity index (χ3v) is 7.21. The predicted octanol–water partition coefficient (Wildman–Crippen LogP) is 0.574. The highest BCUT2D eigenvalue weighted by Gasteiger charge is 2.78. The van der Waals surface area contributed by atoms with Crippen LogP contribution in [0.15, 0.2) is 0 Å². The standard InChI is InChI=1S/C21H35N3O5/c1-5-7-8-11-23-18(27)16-21-10-9-20(6-2,29-21)14(17(26)22-4)15(21)19(28)24(16)13(3)12-25/h13-16,25H,5-12H2,1-4H3,(H,22,26)(H,23,27)/t13-,14+,15+,16?,20-,21?/m1/s1. The van der Waals surface area contributed by atoms with E-state index in [1.165, 1.54) is 4.90 Å². The number of rotatable bonds is 9. The maximum absolute atomic E-state index is 13.5. The fraction of sp³-hybridized carbons (Fsp3) is 0.857. The average Bonchev–Trinajstić information content (AvgIpc) is 3.33. The molecule has 0 saturated carbocycles. The molecule has 3 aliphatic heterocycles. The summed E-state index contributed by atoms with van der Waals surface area (Å²) in [4.78, 5) is 41.1. The summed E-state index contributed by atoms with van der Waals surface area (Å²) in [6, 6.07) is -1.36. The Morgan fingerprint density at radius 1 is 1.28 bits per heavy atom. The minimum absolute atomic E-state index is 0.215. The number of fused-ring (bicyclic) bond motifs is 1. The number of hydrogen-bond acceptors (Lipinski definition) is 5. The molecule has 0 aliphatic carbocycles. The van der Waals surface area contributed by atoms with Gasteiger partial charge in [-0.3, -0.25) is 14.4 Å². The van der Waals surface area contributed by atoms with Crippen molar-refractivity contribution >= 4 is 17.7 Å². The molecular formula is C21H35N3O5. The summed E-state index contributed by atoms with van der Waals surface area (Å²) in [6.45, 7) is 6.08. The number of carbonyl (C=O) groups is 3. The fourth-order valence-electron chi connectivity index (χ4n) is 5.75. The van der Waals surface area contributed by atoms with Crippen LogP contribution in [0.2, 0.25) is 0 Å². The van der Waals surface area contributed by atoms with Crippen LogP contribution in [0.1, 0.15) is 59.3 Å². The summed E-state index contributed by atoms with van der Waals surface area (Å²) in [5.41, 5.74) is -1.72. The first-order valence-corrected chi connectivity index (χ1v) is 11.0. The van der Waals surface area contributed by atoms with Gasteiger partial charge in [0.25, 0.3) is 0 Å². The number of aliphatic hydroxyl groups excluding tert-OH is 1. The van der Waals surface area contributed by atoms with Gasteiger partial charge in [0.1, 0.15) is 11.6 Å². The number of aliphatic hydroxyl groups is 1. The molecule has 2 unspecified atom stereocenters. The first-order valence-electron chi connectivity index (χ1n) is 11.0. The molecule has 3 heterocycles. The Kier molecular flexibility index (Phi) is 6.24. The zero-order valence-electron chi connectivity index (χ0n) is 18.0. The SMILES string of the molecule is CCCCCNC(=O)C1N([C@H](C)CO)C(=O)[C@@H]2[C@@H](C(=O)NC)[C@@]3(CC)CCC12O3. The Labute approximate surface area is 172 Å². The summed E-state index contributed by atoms with van der Waals surface area (Å²) < 4.78 is 6.55. The molecule has 8 heteroatoms. The van der Waals surface area contributed by atoms with Crippen LogP contribution >= 0.6 is 0 Å². The highest BCUT2D eigenvalue weighted by atomic mass is 16.5. The lowest BCUT2D eigenvalue weighted by Gasteiger charge is -2.36. The van der Waals surface area contributed by atoms with Gasteiger partial charge in [0.2, 0.25) is 17.7 Å². The normalized spacial score (nSPS) is 36.2. The van der Waals surface area contributed by atoms with Gasteiger partial charge in [-0.25, -0.2) is 0 Å². The van der Waals surface area contributed by atoms with E-state index >= 15 is 0 Å². The number of hydrogen-bond donors (Lipinski definition) is 3. The minimum atomic E-state index is -1.01. The Morgan fingerprint density at radius 2 is 2.00 bits per heavy atom. The van der Waals surface area contributed by atoms with Gasteiger partial charge in [-0.05, 0) is 32.6 Å². The molecule has 0 aromatic rings. The topological polar surface area (TPSA) is 108 Å². The van der Waals surface area contributed by atoms with Crippen molar-refractivity contribution in [1.29, 1.82) is 0 Å². The van der Waals surface area contributed by atoms with Crippen LogP contribution in [0.5, 0.6) is 0 Å². The van der Waals surface area contributed by atoms with Crippen LogP contribution in [0.25, 0.3) is 0 Å². The zero-order valence-corrected chi connectivity index (χ0v) is 18.0. The highest BCUT2D eigenvalue weighted by Crippen LogP contribution is 2.64. The number of amides is 3. The maximum Gasteiger partial charge on any atom is 0.245 e. The van der Waals surface area contributed by atoms with Gasteiger partial charge in [-0.15, -0.1) is 0 Å². The summed E-state index contributed by atoms with van der Waals surface area (Å²) in [7, 11) is 1.57. The largest absolute Gasteiger partial charge is 0.394 e. The first-order chi connectivity index (χ1) is 13.8. The summed E-state index contributed by atoms with van der Waals surface area (Å²) in [6.07, 6.45) is 4.75.